The summed E-state index contributed by atoms with van der Waals surface area (Å²) in [5.74, 6) is 0.539. The molecular weight excluding hydrogens is 192 g/mol. The van der Waals surface area contributed by atoms with E-state index in [9.17, 15) is 4.79 Å². The molecule has 0 radical (unpaired) electrons. The molecule has 0 aromatic heterocycles. The molecule has 2 bridgehead atoms. The maximum Gasteiger partial charge on any atom is 0.319 e. The molecule has 0 aromatic rings. The van der Waals surface area contributed by atoms with Crippen molar-refractivity contribution in [2.75, 3.05) is 6.54 Å². The largest absolute Gasteiger partial charge is 0.351 e. The van der Waals surface area contributed by atoms with Crippen LogP contribution < -0.4 is 16.6 Å². The summed E-state index contributed by atoms with van der Waals surface area (Å²) in [7, 11) is 0. The van der Waals surface area contributed by atoms with E-state index >= 15 is 0 Å². The number of amides is 2. The molecule has 0 aromatic carbocycles. The molecule has 1 saturated heterocycles. The van der Waals surface area contributed by atoms with Crippen molar-refractivity contribution in [1.29, 1.82) is 0 Å². The third kappa shape index (κ3) is 1.16. The van der Waals surface area contributed by atoms with Crippen molar-refractivity contribution < 1.29 is 4.79 Å². The number of hydrogen-bond donors (Lipinski definition) is 3. The van der Waals surface area contributed by atoms with Crippen LogP contribution in [-0.2, 0) is 0 Å². The highest BCUT2D eigenvalue weighted by Gasteiger charge is 2.39. The monoisotopic (exact) mass is 206 g/mol. The van der Waals surface area contributed by atoms with Crippen LogP contribution in [0.3, 0.4) is 0 Å². The Balaban J connectivity index is 2.03. The number of nitrogens with two attached hydrogens (primary N) is 1. The van der Waals surface area contributed by atoms with Crippen LogP contribution in [0.5, 0.6) is 0 Å². The van der Waals surface area contributed by atoms with Crippen LogP contribution in [0.2, 0.25) is 0 Å². The fourth-order valence-corrected chi connectivity index (χ4v) is 2.68. The van der Waals surface area contributed by atoms with Crippen LogP contribution in [-0.4, -0.2) is 23.5 Å². The van der Waals surface area contributed by atoms with Crippen LogP contribution in [0.4, 0.5) is 4.79 Å². The summed E-state index contributed by atoms with van der Waals surface area (Å²) in [6.07, 6.45) is 6.15. The van der Waals surface area contributed by atoms with Gasteiger partial charge in [-0.3, -0.25) is 4.90 Å². The van der Waals surface area contributed by atoms with Gasteiger partial charge in [-0.2, -0.15) is 0 Å². The van der Waals surface area contributed by atoms with E-state index in [0.29, 0.717) is 5.92 Å². The number of nitrogens with zero attached hydrogens (tertiary/aromatic N) is 1. The number of fused-ring (bicyclic) bond motifs is 3. The van der Waals surface area contributed by atoms with Gasteiger partial charge >= 0.3 is 6.03 Å². The second-order valence-electron chi connectivity index (χ2n) is 4.21. The Morgan fingerprint density at radius 3 is 3.27 bits per heavy atom. The molecule has 4 N–H and O–H groups in total. The Labute approximate surface area is 88.0 Å². The van der Waals surface area contributed by atoms with E-state index in [-0.39, 0.29) is 12.1 Å². The second kappa shape index (κ2) is 3.00. The zero-order valence-electron chi connectivity index (χ0n) is 8.36. The molecule has 3 rings (SSSR count). The van der Waals surface area contributed by atoms with Gasteiger partial charge in [-0.1, -0.05) is 6.08 Å². The molecule has 5 heteroatoms. The van der Waals surface area contributed by atoms with E-state index in [1.807, 2.05) is 6.08 Å². The summed E-state index contributed by atoms with van der Waals surface area (Å²) < 4.78 is 0. The van der Waals surface area contributed by atoms with Gasteiger partial charge in [-0.05, 0) is 18.9 Å². The average Bonchev–Trinajstić information content (AvgIpc) is 2.55. The van der Waals surface area contributed by atoms with E-state index in [1.54, 1.807) is 4.90 Å². The highest BCUT2D eigenvalue weighted by Crippen LogP contribution is 2.38. The molecule has 0 spiro atoms. The number of urea groups is 1. The maximum absolute atomic E-state index is 11.3. The predicted molar refractivity (Wildman–Crippen MR) is 55.2 cm³/mol. The lowest BCUT2D eigenvalue weighted by molar-refractivity contribution is 0.196. The van der Waals surface area contributed by atoms with E-state index in [4.69, 9.17) is 5.73 Å². The lowest BCUT2D eigenvalue weighted by Crippen LogP contribution is -2.50. The van der Waals surface area contributed by atoms with Crippen molar-refractivity contribution in [1.82, 2.24) is 15.8 Å². The molecule has 1 fully saturated rings. The van der Waals surface area contributed by atoms with Crippen LogP contribution in [0.25, 0.3) is 0 Å². The minimum Gasteiger partial charge on any atom is -0.351 e. The van der Waals surface area contributed by atoms with Crippen molar-refractivity contribution in [3.63, 3.8) is 0 Å². The van der Waals surface area contributed by atoms with Gasteiger partial charge in [-0.25, -0.2) is 10.2 Å². The molecule has 15 heavy (non-hydrogen) atoms. The van der Waals surface area contributed by atoms with Gasteiger partial charge in [0, 0.05) is 12.5 Å². The lowest BCUT2D eigenvalue weighted by atomic mass is 9.89. The van der Waals surface area contributed by atoms with Gasteiger partial charge in [0.05, 0.1) is 17.4 Å². The van der Waals surface area contributed by atoms with Crippen LogP contribution >= 0.6 is 0 Å². The average molecular weight is 206 g/mol. The molecule has 5 nitrogen and oxygen atoms in total. The van der Waals surface area contributed by atoms with E-state index in [1.165, 1.54) is 0 Å². The van der Waals surface area contributed by atoms with Crippen molar-refractivity contribution in [3.05, 3.63) is 23.5 Å². The Hall–Kier alpha value is -1.49. The Kier molecular flexibility index (Phi) is 1.76. The van der Waals surface area contributed by atoms with Crippen molar-refractivity contribution in [3.8, 4) is 0 Å². The first kappa shape index (κ1) is 8.79. The molecular formula is C10H14N4O. The third-order valence-electron chi connectivity index (χ3n) is 3.36. The quantitative estimate of drug-likeness (QED) is 0.524. The number of rotatable bonds is 0. The van der Waals surface area contributed by atoms with Gasteiger partial charge in [-0.15, -0.1) is 0 Å². The van der Waals surface area contributed by atoms with E-state index in [0.717, 1.165) is 30.8 Å². The van der Waals surface area contributed by atoms with Gasteiger partial charge < -0.3 is 11.2 Å². The second-order valence-corrected chi connectivity index (χ2v) is 4.21. The van der Waals surface area contributed by atoms with Gasteiger partial charge in [0.2, 0.25) is 0 Å². The highest BCUT2D eigenvalue weighted by atomic mass is 16.2. The molecule has 3 aliphatic rings. The van der Waals surface area contributed by atoms with Gasteiger partial charge in [0.15, 0.2) is 0 Å². The molecule has 3 heterocycles. The summed E-state index contributed by atoms with van der Waals surface area (Å²) in [4.78, 5) is 13.0. The summed E-state index contributed by atoms with van der Waals surface area (Å²) >= 11 is 0. The standard InChI is InChI=1S/C10H14N4O/c11-10(15)14-7-1-2-8(14)9-6(5-7)3-4-12-13-9/h1-2,6-7,12-13H,3-5H2,(H2,11,15). The van der Waals surface area contributed by atoms with Gasteiger partial charge in [0.25, 0.3) is 0 Å². The zero-order valence-corrected chi connectivity index (χ0v) is 8.36. The first-order chi connectivity index (χ1) is 7.27. The molecule has 2 atom stereocenters. The van der Waals surface area contributed by atoms with E-state index in [2.05, 4.69) is 16.9 Å². The van der Waals surface area contributed by atoms with Crippen molar-refractivity contribution in [2.45, 2.75) is 18.9 Å². The molecule has 0 aliphatic carbocycles. The minimum atomic E-state index is -0.363. The summed E-state index contributed by atoms with van der Waals surface area (Å²) in [6, 6.07) is -0.190. The lowest BCUT2D eigenvalue weighted by Gasteiger charge is -2.38. The van der Waals surface area contributed by atoms with Crippen LogP contribution in [0.1, 0.15) is 12.8 Å². The molecule has 2 amide bonds. The van der Waals surface area contributed by atoms with Crippen molar-refractivity contribution >= 4 is 6.03 Å². The fraction of sp³-hybridized carbons (Fsp3) is 0.500. The summed E-state index contributed by atoms with van der Waals surface area (Å²) in [5, 5.41) is 0. The number of hydrazine groups is 1. The Morgan fingerprint density at radius 2 is 2.47 bits per heavy atom. The summed E-state index contributed by atoms with van der Waals surface area (Å²) in [5.41, 5.74) is 13.7. The predicted octanol–water partition coefficient (Wildman–Crippen LogP) is 0.0349. The molecule has 2 unspecified atom stereocenters. The number of hydrogen-bond acceptors (Lipinski definition) is 3. The smallest absolute Gasteiger partial charge is 0.319 e. The number of carbonyl (C=O) groups excluding carboxylic acids is 1. The van der Waals surface area contributed by atoms with Gasteiger partial charge in [0.1, 0.15) is 0 Å². The Bertz CT molecular complexity index is 374. The van der Waals surface area contributed by atoms with E-state index < -0.39 is 0 Å². The normalized spacial score (nSPS) is 32.7. The zero-order chi connectivity index (χ0) is 10.4. The third-order valence-corrected chi connectivity index (χ3v) is 3.36. The number of nitrogens with one attached hydrogen (secondary N) is 2. The molecule has 0 saturated carbocycles. The Morgan fingerprint density at radius 1 is 1.60 bits per heavy atom. The SMILES string of the molecule is NC(=O)N1C2=C3NNCCC3CC1C=C2. The maximum atomic E-state index is 11.3. The topological polar surface area (TPSA) is 70.4 Å². The first-order valence-electron chi connectivity index (χ1n) is 5.27. The number of allylic oxidation sites excluding steroid dienone is 2. The van der Waals surface area contributed by atoms with Crippen molar-refractivity contribution in [2.24, 2.45) is 11.7 Å². The summed E-state index contributed by atoms with van der Waals surface area (Å²) in [6.45, 7) is 0.977. The fourth-order valence-electron chi connectivity index (χ4n) is 2.68. The first-order valence-corrected chi connectivity index (χ1v) is 5.27. The molecule has 3 aliphatic heterocycles. The minimum absolute atomic E-state index is 0.172. The van der Waals surface area contributed by atoms with Crippen LogP contribution in [0.15, 0.2) is 23.5 Å². The number of carbonyl (C=O) groups is 1. The van der Waals surface area contributed by atoms with Crippen LogP contribution in [0, 0.1) is 5.92 Å². The highest BCUT2D eigenvalue weighted by molar-refractivity contribution is 5.77. The molecule has 80 valence electrons. The number of primary amides is 1.